The monoisotopic (exact) mass is 355 g/mol. The fraction of sp³-hybridized carbons (Fsp3) is 0.500. The van der Waals surface area contributed by atoms with Gasteiger partial charge in [0.05, 0.1) is 11.6 Å². The van der Waals surface area contributed by atoms with Crippen LogP contribution in [-0.4, -0.2) is 23.5 Å². The van der Waals surface area contributed by atoms with Crippen LogP contribution in [0.1, 0.15) is 37.8 Å². The van der Waals surface area contributed by atoms with Crippen LogP contribution in [0, 0.1) is 11.8 Å². The number of amides is 1. The molecule has 1 aliphatic heterocycles. The Bertz CT molecular complexity index is 665. The minimum absolute atomic E-state index is 0.107. The number of alkyl halides is 3. The fourth-order valence-electron chi connectivity index (χ4n) is 2.89. The molecule has 1 aliphatic rings. The standard InChI is InChI=1S/C18H20F3NO3/c1-10(2)7-15-16(24)14(17(25)22-15)9-13(23)8-11-3-5-12(6-4-11)18(19,20)21/h3-6,10,14-15H,7-9H2,1-2H3,(H,22,25). The number of ketones is 2. The van der Waals surface area contributed by atoms with E-state index in [1.165, 1.54) is 12.1 Å². The van der Waals surface area contributed by atoms with Crippen molar-refractivity contribution in [2.45, 2.75) is 45.3 Å². The van der Waals surface area contributed by atoms with Gasteiger partial charge in [-0.25, -0.2) is 0 Å². The van der Waals surface area contributed by atoms with Crippen molar-refractivity contribution in [1.29, 1.82) is 0 Å². The van der Waals surface area contributed by atoms with Crippen LogP contribution in [-0.2, 0) is 27.0 Å². The predicted molar refractivity (Wildman–Crippen MR) is 84.7 cm³/mol. The Labute approximate surface area is 143 Å². The molecule has 2 rings (SSSR count). The lowest BCUT2D eigenvalue weighted by Gasteiger charge is -2.11. The Balaban J connectivity index is 1.96. The summed E-state index contributed by atoms with van der Waals surface area (Å²) in [6, 6.07) is 3.73. The van der Waals surface area contributed by atoms with Gasteiger partial charge in [-0.2, -0.15) is 13.2 Å². The quantitative estimate of drug-likeness (QED) is 0.798. The number of carbonyl (C=O) groups excluding carboxylic acids is 3. The maximum absolute atomic E-state index is 12.5. The van der Waals surface area contributed by atoms with Gasteiger partial charge in [-0.05, 0) is 30.0 Å². The molecule has 1 aromatic carbocycles. The van der Waals surface area contributed by atoms with E-state index in [0.717, 1.165) is 12.1 Å². The van der Waals surface area contributed by atoms with Crippen LogP contribution in [0.4, 0.5) is 13.2 Å². The normalized spacial score (nSPS) is 20.9. The van der Waals surface area contributed by atoms with Crippen LogP contribution in [0.15, 0.2) is 24.3 Å². The molecule has 2 atom stereocenters. The van der Waals surface area contributed by atoms with E-state index in [1.54, 1.807) is 0 Å². The largest absolute Gasteiger partial charge is 0.416 e. The SMILES string of the molecule is CC(C)CC1NC(=O)C(CC(=O)Cc2ccc(C(F)(F)F)cc2)C1=O. The van der Waals surface area contributed by atoms with Crippen molar-refractivity contribution in [3.05, 3.63) is 35.4 Å². The second-order valence-electron chi connectivity index (χ2n) is 6.76. The molecule has 0 saturated carbocycles. The Morgan fingerprint density at radius 3 is 2.28 bits per heavy atom. The van der Waals surface area contributed by atoms with Crippen LogP contribution in [0.5, 0.6) is 0 Å². The van der Waals surface area contributed by atoms with Gasteiger partial charge in [-0.3, -0.25) is 14.4 Å². The molecule has 1 N–H and O–H groups in total. The maximum atomic E-state index is 12.5. The molecule has 0 spiro atoms. The summed E-state index contributed by atoms with van der Waals surface area (Å²) in [5, 5.41) is 2.61. The highest BCUT2D eigenvalue weighted by Crippen LogP contribution is 2.29. The van der Waals surface area contributed by atoms with E-state index in [1.807, 2.05) is 13.8 Å². The first-order valence-corrected chi connectivity index (χ1v) is 8.10. The first kappa shape index (κ1) is 19.1. The molecule has 1 saturated heterocycles. The molecule has 0 aliphatic carbocycles. The number of nitrogens with one attached hydrogen (secondary N) is 1. The summed E-state index contributed by atoms with van der Waals surface area (Å²) in [7, 11) is 0. The highest BCUT2D eigenvalue weighted by molar-refractivity contribution is 6.12. The van der Waals surface area contributed by atoms with Crippen LogP contribution >= 0.6 is 0 Å². The third-order valence-corrected chi connectivity index (χ3v) is 4.14. The van der Waals surface area contributed by atoms with E-state index in [4.69, 9.17) is 0 Å². The Morgan fingerprint density at radius 1 is 1.16 bits per heavy atom. The summed E-state index contributed by atoms with van der Waals surface area (Å²) in [5.41, 5.74) is -0.367. The molecule has 0 bridgehead atoms. The third-order valence-electron chi connectivity index (χ3n) is 4.14. The van der Waals surface area contributed by atoms with Crippen molar-refractivity contribution >= 4 is 17.5 Å². The van der Waals surface area contributed by atoms with Gasteiger partial charge in [-0.15, -0.1) is 0 Å². The van der Waals surface area contributed by atoms with E-state index >= 15 is 0 Å². The van der Waals surface area contributed by atoms with Crippen molar-refractivity contribution in [1.82, 2.24) is 5.32 Å². The Morgan fingerprint density at radius 2 is 1.76 bits per heavy atom. The zero-order valence-corrected chi connectivity index (χ0v) is 14.0. The minimum Gasteiger partial charge on any atom is -0.346 e. The average Bonchev–Trinajstić information content (AvgIpc) is 2.74. The molecule has 1 amide bonds. The molecule has 4 nitrogen and oxygen atoms in total. The molecule has 25 heavy (non-hydrogen) atoms. The van der Waals surface area contributed by atoms with Gasteiger partial charge in [-0.1, -0.05) is 26.0 Å². The van der Waals surface area contributed by atoms with Crippen molar-refractivity contribution < 1.29 is 27.6 Å². The van der Waals surface area contributed by atoms with E-state index in [2.05, 4.69) is 5.32 Å². The first-order chi connectivity index (χ1) is 11.6. The second-order valence-corrected chi connectivity index (χ2v) is 6.76. The predicted octanol–water partition coefficient (Wildman–Crippen LogP) is 2.94. The lowest BCUT2D eigenvalue weighted by Crippen LogP contribution is -2.30. The van der Waals surface area contributed by atoms with E-state index in [9.17, 15) is 27.6 Å². The summed E-state index contributed by atoms with van der Waals surface area (Å²) in [6.45, 7) is 3.87. The highest BCUT2D eigenvalue weighted by atomic mass is 19.4. The first-order valence-electron chi connectivity index (χ1n) is 8.10. The molecule has 7 heteroatoms. The highest BCUT2D eigenvalue weighted by Gasteiger charge is 2.41. The summed E-state index contributed by atoms with van der Waals surface area (Å²) in [4.78, 5) is 36.3. The van der Waals surface area contributed by atoms with Gasteiger partial charge in [0.2, 0.25) is 5.91 Å². The average molecular weight is 355 g/mol. The Kier molecular flexibility index (Phi) is 5.65. The molecule has 0 radical (unpaired) electrons. The lowest BCUT2D eigenvalue weighted by atomic mass is 9.92. The number of Topliss-reactive ketones (excluding diaryl/α,β-unsaturated/α-hetero) is 2. The summed E-state index contributed by atoms with van der Waals surface area (Å²) < 4.78 is 37.6. The van der Waals surface area contributed by atoms with Crippen LogP contribution in [0.2, 0.25) is 0 Å². The molecular formula is C18H20F3NO3. The minimum atomic E-state index is -4.43. The number of hydrogen-bond acceptors (Lipinski definition) is 3. The van der Waals surface area contributed by atoms with E-state index in [-0.39, 0.29) is 30.3 Å². The smallest absolute Gasteiger partial charge is 0.346 e. The van der Waals surface area contributed by atoms with Gasteiger partial charge in [0.1, 0.15) is 11.7 Å². The van der Waals surface area contributed by atoms with Gasteiger partial charge in [0.15, 0.2) is 5.78 Å². The van der Waals surface area contributed by atoms with Gasteiger partial charge in [0.25, 0.3) is 0 Å². The van der Waals surface area contributed by atoms with Crippen molar-refractivity contribution in [2.24, 2.45) is 11.8 Å². The number of carbonyl (C=O) groups is 3. The van der Waals surface area contributed by atoms with Crippen molar-refractivity contribution in [3.63, 3.8) is 0 Å². The molecule has 1 aromatic rings. The molecule has 2 unspecified atom stereocenters. The van der Waals surface area contributed by atoms with Gasteiger partial charge in [0, 0.05) is 12.8 Å². The lowest BCUT2D eigenvalue weighted by molar-refractivity contribution is -0.137. The molecule has 1 fully saturated rings. The summed E-state index contributed by atoms with van der Waals surface area (Å²) >= 11 is 0. The zero-order valence-electron chi connectivity index (χ0n) is 14.0. The number of benzene rings is 1. The second kappa shape index (κ2) is 7.37. The van der Waals surface area contributed by atoms with Crippen LogP contribution < -0.4 is 5.32 Å². The zero-order chi connectivity index (χ0) is 18.8. The fourth-order valence-corrected chi connectivity index (χ4v) is 2.89. The van der Waals surface area contributed by atoms with E-state index in [0.29, 0.717) is 12.0 Å². The molecule has 0 aromatic heterocycles. The molecular weight excluding hydrogens is 335 g/mol. The number of halogens is 3. The van der Waals surface area contributed by atoms with Crippen molar-refractivity contribution in [2.75, 3.05) is 0 Å². The van der Waals surface area contributed by atoms with Crippen molar-refractivity contribution in [3.8, 4) is 0 Å². The summed E-state index contributed by atoms with van der Waals surface area (Å²) in [5.74, 6) is -1.84. The molecule has 136 valence electrons. The third kappa shape index (κ3) is 4.90. The van der Waals surface area contributed by atoms with E-state index < -0.39 is 29.6 Å². The number of rotatable bonds is 6. The summed E-state index contributed by atoms with van der Waals surface area (Å²) in [6.07, 6.45) is -4.24. The Hall–Kier alpha value is -2.18. The maximum Gasteiger partial charge on any atom is 0.416 e. The van der Waals surface area contributed by atoms with Gasteiger partial charge < -0.3 is 5.32 Å². The number of hydrogen-bond donors (Lipinski definition) is 1. The van der Waals surface area contributed by atoms with Gasteiger partial charge >= 0.3 is 6.18 Å². The van der Waals surface area contributed by atoms with Crippen LogP contribution in [0.25, 0.3) is 0 Å². The van der Waals surface area contributed by atoms with Crippen LogP contribution in [0.3, 0.4) is 0 Å². The topological polar surface area (TPSA) is 63.2 Å². The molecule has 1 heterocycles.